The van der Waals surface area contributed by atoms with Crippen molar-refractivity contribution in [3.63, 3.8) is 0 Å². The highest BCUT2D eigenvalue weighted by Crippen LogP contribution is 2.37. The van der Waals surface area contributed by atoms with Crippen molar-refractivity contribution in [2.75, 3.05) is 5.32 Å². The van der Waals surface area contributed by atoms with E-state index in [2.05, 4.69) is 27.1 Å². The van der Waals surface area contributed by atoms with E-state index in [-0.39, 0.29) is 11.4 Å². The van der Waals surface area contributed by atoms with Crippen molar-refractivity contribution in [2.45, 2.75) is 6.11 Å². The largest absolute Gasteiger partial charge is 0.482 e. The maximum Gasteiger partial charge on any atom is 0.482 e. The van der Waals surface area contributed by atoms with Gasteiger partial charge in [-0.2, -0.15) is 13.8 Å². The van der Waals surface area contributed by atoms with Gasteiger partial charge in [-0.1, -0.05) is 0 Å². The average Bonchev–Trinajstić information content (AvgIpc) is 2.20. The highest BCUT2D eigenvalue weighted by atomic mass is 32.1. The Bertz CT molecular complexity index is 512. The molecule has 0 radical (unpaired) electrons. The van der Waals surface area contributed by atoms with Gasteiger partial charge in [0.15, 0.2) is 5.75 Å². The fraction of sp³-hybridized carbons (Fsp3) is 0.111. The molecule has 1 heterocycles. The van der Waals surface area contributed by atoms with Crippen LogP contribution in [0.5, 0.6) is 5.75 Å². The minimum atomic E-state index is -3.85. The minimum Gasteiger partial charge on any atom is -0.423 e. The molecular weight excluding hydrogens is 238 g/mol. The van der Waals surface area contributed by atoms with Gasteiger partial charge >= 0.3 is 12.0 Å². The maximum absolute atomic E-state index is 12.8. The zero-order chi connectivity index (χ0) is 11.8. The normalized spacial score (nSPS) is 16.5. The number of aliphatic imine (C=N–C) groups is 1. The van der Waals surface area contributed by atoms with Gasteiger partial charge in [0, 0.05) is 0 Å². The van der Waals surface area contributed by atoms with Crippen molar-refractivity contribution in [1.29, 1.82) is 0 Å². The van der Waals surface area contributed by atoms with Gasteiger partial charge in [0.25, 0.3) is 0 Å². The number of carbonyl (C=O) groups is 1. The number of benzene rings is 1. The molecule has 1 aromatic carbocycles. The van der Waals surface area contributed by atoms with Crippen molar-refractivity contribution in [2.24, 2.45) is 4.99 Å². The summed E-state index contributed by atoms with van der Waals surface area (Å²) in [5.41, 5.74) is 0.519. The van der Waals surface area contributed by atoms with Crippen molar-refractivity contribution in [3.05, 3.63) is 18.2 Å². The van der Waals surface area contributed by atoms with Crippen molar-refractivity contribution in [3.8, 4) is 5.75 Å². The molecule has 0 aliphatic carbocycles. The lowest BCUT2D eigenvalue weighted by Gasteiger charge is -2.24. The summed E-state index contributed by atoms with van der Waals surface area (Å²) < 4.78 is 29.9. The zero-order valence-corrected chi connectivity index (χ0v) is 8.48. The molecule has 82 valence electrons. The zero-order valence-electron chi connectivity index (χ0n) is 7.66. The number of anilines is 1. The first kappa shape index (κ1) is 10.7. The molecule has 2 rings (SSSR count). The van der Waals surface area contributed by atoms with E-state index in [0.717, 1.165) is 0 Å². The summed E-state index contributed by atoms with van der Waals surface area (Å²) in [5.74, 6) is -1.63. The monoisotopic (exact) mass is 242 g/mol. The van der Waals surface area contributed by atoms with Crippen LogP contribution >= 0.6 is 12.2 Å². The molecule has 4 nitrogen and oxygen atoms in total. The summed E-state index contributed by atoms with van der Waals surface area (Å²) in [4.78, 5) is 14.5. The van der Waals surface area contributed by atoms with E-state index in [1.165, 1.54) is 18.2 Å². The topological polar surface area (TPSA) is 50.7 Å². The molecule has 1 amide bonds. The maximum atomic E-state index is 12.8. The molecule has 0 atom stereocenters. The van der Waals surface area contributed by atoms with Gasteiger partial charge in [0.1, 0.15) is 0 Å². The van der Waals surface area contributed by atoms with Gasteiger partial charge < -0.3 is 10.1 Å². The number of halogens is 2. The predicted octanol–water partition coefficient (Wildman–Crippen LogP) is 2.34. The summed E-state index contributed by atoms with van der Waals surface area (Å²) in [5, 5.41) is 4.14. The molecule has 16 heavy (non-hydrogen) atoms. The smallest absolute Gasteiger partial charge is 0.423 e. The van der Waals surface area contributed by atoms with E-state index in [1.54, 1.807) is 0 Å². The van der Waals surface area contributed by atoms with Crippen LogP contribution in [0.15, 0.2) is 23.2 Å². The van der Waals surface area contributed by atoms with Crippen molar-refractivity contribution >= 4 is 34.7 Å². The molecule has 1 N–H and O–H groups in total. The molecule has 0 saturated carbocycles. The van der Waals surface area contributed by atoms with Crippen LogP contribution in [0, 0.1) is 0 Å². The number of amides is 1. The predicted molar refractivity (Wildman–Crippen MR) is 55.3 cm³/mol. The van der Waals surface area contributed by atoms with Gasteiger partial charge in [-0.05, 0) is 30.4 Å². The van der Waals surface area contributed by atoms with Crippen LogP contribution in [-0.4, -0.2) is 17.2 Å². The molecule has 1 aliphatic rings. The van der Waals surface area contributed by atoms with Gasteiger partial charge in [-0.15, -0.1) is 0 Å². The molecule has 1 aliphatic heterocycles. The Kier molecular flexibility index (Phi) is 2.41. The quantitative estimate of drug-likeness (QED) is 0.607. The van der Waals surface area contributed by atoms with E-state index in [9.17, 15) is 13.6 Å². The Balaban J connectivity index is 2.44. The Hall–Kier alpha value is -1.85. The lowest BCUT2D eigenvalue weighted by molar-refractivity contribution is -0.189. The number of isothiocyanates is 1. The number of hydrogen-bond acceptors (Lipinski definition) is 4. The third-order valence-corrected chi connectivity index (χ3v) is 1.98. The Morgan fingerprint density at radius 3 is 2.94 bits per heavy atom. The highest BCUT2D eigenvalue weighted by molar-refractivity contribution is 7.78. The average molecular weight is 242 g/mol. The Morgan fingerprint density at radius 2 is 2.25 bits per heavy atom. The Morgan fingerprint density at radius 1 is 1.50 bits per heavy atom. The lowest BCUT2D eigenvalue weighted by Crippen LogP contribution is -2.43. The van der Waals surface area contributed by atoms with Gasteiger partial charge in [-0.3, -0.25) is 4.79 Å². The summed E-state index contributed by atoms with van der Waals surface area (Å²) in [6, 6.07) is 4.06. The molecule has 1 aromatic rings. The SMILES string of the molecule is O=C1Nc2cc(N=C=S)ccc2OC1(F)F. The van der Waals surface area contributed by atoms with Crippen LogP contribution < -0.4 is 10.1 Å². The van der Waals surface area contributed by atoms with Gasteiger partial charge in [-0.25, -0.2) is 0 Å². The number of ether oxygens (including phenoxy) is 1. The first-order chi connectivity index (χ1) is 7.53. The van der Waals surface area contributed by atoms with Crippen LogP contribution in [0.1, 0.15) is 0 Å². The number of alkyl halides is 2. The second kappa shape index (κ2) is 3.62. The third-order valence-electron chi connectivity index (χ3n) is 1.89. The first-order valence-corrected chi connectivity index (χ1v) is 4.54. The van der Waals surface area contributed by atoms with Crippen molar-refractivity contribution < 1.29 is 18.3 Å². The van der Waals surface area contributed by atoms with E-state index in [4.69, 9.17) is 0 Å². The number of nitrogens with one attached hydrogen (secondary N) is 1. The number of fused-ring (bicyclic) bond motifs is 1. The number of nitrogens with zero attached hydrogens (tertiary/aromatic N) is 1. The molecule has 0 unspecified atom stereocenters. The van der Waals surface area contributed by atoms with E-state index >= 15 is 0 Å². The number of carbonyl (C=O) groups excluding carboxylic acids is 1. The summed E-state index contributed by atoms with van der Waals surface area (Å²) in [7, 11) is 0. The standard InChI is InChI=1S/C9H4F2N2O2S/c10-9(11)8(14)13-6-3-5(12-4-16)1-2-7(6)15-9/h1-3H,(H,13,14). The molecule has 0 aromatic heterocycles. The van der Waals surface area contributed by atoms with Gasteiger partial charge in [0.05, 0.1) is 16.5 Å². The second-order valence-electron chi connectivity index (χ2n) is 2.96. The minimum absolute atomic E-state index is 0.118. The third kappa shape index (κ3) is 1.78. The second-order valence-corrected chi connectivity index (χ2v) is 3.14. The fourth-order valence-electron chi connectivity index (χ4n) is 1.21. The van der Waals surface area contributed by atoms with Crippen molar-refractivity contribution in [1.82, 2.24) is 0 Å². The molecule has 7 heteroatoms. The van der Waals surface area contributed by atoms with Crippen LogP contribution in [0.25, 0.3) is 0 Å². The molecule has 0 bridgehead atoms. The van der Waals surface area contributed by atoms with Crippen LogP contribution in [0.3, 0.4) is 0 Å². The van der Waals surface area contributed by atoms with E-state index in [1.807, 2.05) is 5.32 Å². The lowest BCUT2D eigenvalue weighted by atomic mass is 10.2. The van der Waals surface area contributed by atoms with Crippen LogP contribution in [0.4, 0.5) is 20.2 Å². The summed E-state index contributed by atoms with van der Waals surface area (Å²) in [6.07, 6.45) is -3.85. The Labute approximate surface area is 93.9 Å². The highest BCUT2D eigenvalue weighted by Gasteiger charge is 2.46. The van der Waals surface area contributed by atoms with E-state index < -0.39 is 12.0 Å². The molecule has 0 fully saturated rings. The first-order valence-electron chi connectivity index (χ1n) is 4.13. The summed E-state index contributed by atoms with van der Waals surface area (Å²) in [6.45, 7) is 0. The number of thiocarbonyl (C=S) groups is 1. The number of rotatable bonds is 1. The van der Waals surface area contributed by atoms with Crippen LogP contribution in [0.2, 0.25) is 0 Å². The van der Waals surface area contributed by atoms with E-state index in [0.29, 0.717) is 5.69 Å². The summed E-state index contributed by atoms with van der Waals surface area (Å²) >= 11 is 4.39. The fourth-order valence-corrected chi connectivity index (χ4v) is 1.31. The van der Waals surface area contributed by atoms with Crippen LogP contribution in [-0.2, 0) is 4.79 Å². The number of hydrogen-bond donors (Lipinski definition) is 1. The molecule has 0 spiro atoms. The van der Waals surface area contributed by atoms with Gasteiger partial charge in [0.2, 0.25) is 0 Å². The molecule has 0 saturated heterocycles. The molecular formula is C9H4F2N2O2S.